The van der Waals surface area contributed by atoms with Gasteiger partial charge in [-0.2, -0.15) is 5.10 Å². The number of aliphatic hydroxyl groups excluding tert-OH is 1. The van der Waals surface area contributed by atoms with Crippen molar-refractivity contribution in [3.8, 4) is 0 Å². The highest BCUT2D eigenvalue weighted by atomic mass is 16.5. The molecule has 2 aromatic heterocycles. The van der Waals surface area contributed by atoms with Gasteiger partial charge in [-0.05, 0) is 26.0 Å². The fraction of sp³-hybridized carbons (Fsp3) is 0.529. The van der Waals surface area contributed by atoms with Crippen LogP contribution in [0.15, 0.2) is 18.3 Å². The van der Waals surface area contributed by atoms with Crippen molar-refractivity contribution in [2.75, 3.05) is 43.1 Å². The van der Waals surface area contributed by atoms with E-state index >= 15 is 0 Å². The Morgan fingerprint density at radius 2 is 2.08 bits per heavy atom. The first-order valence-electron chi connectivity index (χ1n) is 8.36. The molecule has 2 N–H and O–H groups in total. The summed E-state index contributed by atoms with van der Waals surface area (Å²) in [5.41, 5.74) is 4.27. The first-order valence-corrected chi connectivity index (χ1v) is 8.36. The van der Waals surface area contributed by atoms with Crippen LogP contribution in [0, 0.1) is 13.8 Å². The average Bonchev–Trinajstić information content (AvgIpc) is 2.88. The van der Waals surface area contributed by atoms with Gasteiger partial charge in [-0.15, -0.1) is 0 Å². The quantitative estimate of drug-likeness (QED) is 0.832. The lowest BCUT2D eigenvalue weighted by Gasteiger charge is -2.29. The Balaban J connectivity index is 1.75. The van der Waals surface area contributed by atoms with E-state index in [0.717, 1.165) is 49.2 Å². The van der Waals surface area contributed by atoms with Gasteiger partial charge in [0.1, 0.15) is 0 Å². The van der Waals surface area contributed by atoms with E-state index in [9.17, 15) is 0 Å². The standard InChI is InChI=1S/C17H25N5O2/c1-13-15(14(2)22(20-13)6-9-23)12-19-16-4-3-5-18-17(16)21-7-10-24-11-8-21/h3-5,19,23H,6-12H2,1-2H3. The Hall–Kier alpha value is -2.12. The second-order valence-electron chi connectivity index (χ2n) is 5.92. The first-order chi connectivity index (χ1) is 11.7. The molecule has 0 unspecified atom stereocenters. The molecule has 3 rings (SSSR count). The average molecular weight is 331 g/mol. The smallest absolute Gasteiger partial charge is 0.152 e. The van der Waals surface area contributed by atoms with E-state index in [2.05, 4.69) is 26.4 Å². The number of morpholine rings is 1. The molecule has 24 heavy (non-hydrogen) atoms. The first kappa shape index (κ1) is 16.7. The van der Waals surface area contributed by atoms with Crippen LogP contribution in [-0.2, 0) is 17.8 Å². The SMILES string of the molecule is Cc1nn(CCO)c(C)c1CNc1cccnc1N1CCOCC1. The number of nitrogens with zero attached hydrogens (tertiary/aromatic N) is 4. The number of pyridine rings is 1. The van der Waals surface area contributed by atoms with Gasteiger partial charge in [0, 0.05) is 37.1 Å². The van der Waals surface area contributed by atoms with Gasteiger partial charge >= 0.3 is 0 Å². The molecule has 0 bridgehead atoms. The summed E-state index contributed by atoms with van der Waals surface area (Å²) in [5, 5.41) is 17.1. The third-order valence-electron chi connectivity index (χ3n) is 4.40. The highest BCUT2D eigenvalue weighted by Gasteiger charge is 2.17. The van der Waals surface area contributed by atoms with E-state index in [4.69, 9.17) is 9.84 Å². The zero-order chi connectivity index (χ0) is 16.9. The summed E-state index contributed by atoms with van der Waals surface area (Å²) < 4.78 is 7.29. The molecule has 2 aromatic rings. The Bertz CT molecular complexity index is 680. The molecule has 0 amide bonds. The number of nitrogens with one attached hydrogen (secondary N) is 1. The highest BCUT2D eigenvalue weighted by molar-refractivity contribution is 5.65. The number of hydrogen-bond donors (Lipinski definition) is 2. The molecule has 1 aliphatic heterocycles. The molecule has 7 nitrogen and oxygen atoms in total. The Labute approximate surface area is 142 Å². The number of hydrogen-bond acceptors (Lipinski definition) is 6. The van der Waals surface area contributed by atoms with Gasteiger partial charge in [-0.1, -0.05) is 0 Å². The van der Waals surface area contributed by atoms with Crippen LogP contribution in [0.5, 0.6) is 0 Å². The van der Waals surface area contributed by atoms with Crippen LogP contribution in [0.3, 0.4) is 0 Å². The minimum Gasteiger partial charge on any atom is -0.394 e. The third-order valence-corrected chi connectivity index (χ3v) is 4.40. The van der Waals surface area contributed by atoms with Crippen LogP contribution in [0.2, 0.25) is 0 Å². The largest absolute Gasteiger partial charge is 0.394 e. The second kappa shape index (κ2) is 7.63. The predicted octanol–water partition coefficient (Wildman–Crippen LogP) is 1.34. The normalized spacial score (nSPS) is 14.9. The maximum Gasteiger partial charge on any atom is 0.152 e. The molecule has 7 heteroatoms. The van der Waals surface area contributed by atoms with Crippen LogP contribution in [0.25, 0.3) is 0 Å². The Morgan fingerprint density at radius 3 is 2.83 bits per heavy atom. The van der Waals surface area contributed by atoms with E-state index in [0.29, 0.717) is 13.1 Å². The molecule has 1 aliphatic rings. The molecule has 1 saturated heterocycles. The van der Waals surface area contributed by atoms with E-state index < -0.39 is 0 Å². The van der Waals surface area contributed by atoms with Crippen LogP contribution in [0.1, 0.15) is 17.0 Å². The van der Waals surface area contributed by atoms with Gasteiger partial charge in [-0.25, -0.2) is 4.98 Å². The van der Waals surface area contributed by atoms with E-state index in [1.54, 1.807) is 0 Å². The van der Waals surface area contributed by atoms with Crippen molar-refractivity contribution in [3.63, 3.8) is 0 Å². The molecule has 0 saturated carbocycles. The van der Waals surface area contributed by atoms with Crippen LogP contribution < -0.4 is 10.2 Å². The Kier molecular flexibility index (Phi) is 5.32. The van der Waals surface area contributed by atoms with E-state index in [1.807, 2.05) is 30.8 Å². The monoisotopic (exact) mass is 331 g/mol. The zero-order valence-corrected chi connectivity index (χ0v) is 14.3. The molecular formula is C17H25N5O2. The number of aryl methyl sites for hydroxylation is 1. The van der Waals surface area contributed by atoms with Gasteiger partial charge in [0.2, 0.25) is 0 Å². The predicted molar refractivity (Wildman–Crippen MR) is 93.4 cm³/mol. The lowest BCUT2D eigenvalue weighted by atomic mass is 10.2. The molecule has 1 fully saturated rings. The molecule has 0 aromatic carbocycles. The number of aromatic nitrogens is 3. The number of anilines is 2. The Morgan fingerprint density at radius 1 is 1.29 bits per heavy atom. The van der Waals surface area contributed by atoms with Crippen LogP contribution in [-0.4, -0.2) is 52.8 Å². The molecule has 0 spiro atoms. The topological polar surface area (TPSA) is 75.4 Å². The highest BCUT2D eigenvalue weighted by Crippen LogP contribution is 2.25. The maximum atomic E-state index is 9.13. The summed E-state index contributed by atoms with van der Waals surface area (Å²) in [6.07, 6.45) is 1.83. The van der Waals surface area contributed by atoms with E-state index in [-0.39, 0.29) is 6.61 Å². The van der Waals surface area contributed by atoms with Crippen molar-refractivity contribution >= 4 is 11.5 Å². The maximum absolute atomic E-state index is 9.13. The summed E-state index contributed by atoms with van der Waals surface area (Å²) in [6.45, 7) is 8.55. The third kappa shape index (κ3) is 3.52. The van der Waals surface area contributed by atoms with Crippen molar-refractivity contribution in [1.29, 1.82) is 0 Å². The summed E-state index contributed by atoms with van der Waals surface area (Å²) >= 11 is 0. The van der Waals surface area contributed by atoms with Gasteiger partial charge in [-0.3, -0.25) is 4.68 Å². The van der Waals surface area contributed by atoms with Crippen molar-refractivity contribution in [2.24, 2.45) is 0 Å². The summed E-state index contributed by atoms with van der Waals surface area (Å²) in [4.78, 5) is 6.80. The van der Waals surface area contributed by atoms with Crippen LogP contribution in [0.4, 0.5) is 11.5 Å². The lowest BCUT2D eigenvalue weighted by Crippen LogP contribution is -2.37. The minimum absolute atomic E-state index is 0.0958. The van der Waals surface area contributed by atoms with Gasteiger partial charge in [0.05, 0.1) is 37.7 Å². The van der Waals surface area contributed by atoms with Crippen LogP contribution >= 0.6 is 0 Å². The van der Waals surface area contributed by atoms with Crippen molar-refractivity contribution in [1.82, 2.24) is 14.8 Å². The molecule has 130 valence electrons. The van der Waals surface area contributed by atoms with Crippen molar-refractivity contribution < 1.29 is 9.84 Å². The minimum atomic E-state index is 0.0958. The van der Waals surface area contributed by atoms with Crippen molar-refractivity contribution in [3.05, 3.63) is 35.3 Å². The number of rotatable bonds is 6. The van der Waals surface area contributed by atoms with Gasteiger partial charge < -0.3 is 20.1 Å². The lowest BCUT2D eigenvalue weighted by molar-refractivity contribution is 0.122. The van der Waals surface area contributed by atoms with Gasteiger partial charge in [0.25, 0.3) is 0 Å². The van der Waals surface area contributed by atoms with Gasteiger partial charge in [0.15, 0.2) is 5.82 Å². The zero-order valence-electron chi connectivity index (χ0n) is 14.3. The fourth-order valence-corrected chi connectivity index (χ4v) is 3.05. The van der Waals surface area contributed by atoms with Crippen molar-refractivity contribution in [2.45, 2.75) is 26.9 Å². The number of aliphatic hydroxyl groups is 1. The summed E-state index contributed by atoms with van der Waals surface area (Å²) in [6, 6.07) is 4.00. The fourth-order valence-electron chi connectivity index (χ4n) is 3.05. The molecule has 0 aliphatic carbocycles. The molecular weight excluding hydrogens is 306 g/mol. The summed E-state index contributed by atoms with van der Waals surface area (Å²) in [5.74, 6) is 0.971. The number of ether oxygens (including phenoxy) is 1. The summed E-state index contributed by atoms with van der Waals surface area (Å²) in [7, 11) is 0. The van der Waals surface area contributed by atoms with E-state index in [1.165, 1.54) is 5.56 Å². The molecule has 0 radical (unpaired) electrons. The molecule has 3 heterocycles. The molecule has 0 atom stereocenters. The second-order valence-corrected chi connectivity index (χ2v) is 5.92.